The van der Waals surface area contributed by atoms with Crippen LogP contribution in [0.25, 0.3) is 0 Å². The normalized spacial score (nSPS) is 12.9. The van der Waals surface area contributed by atoms with Gasteiger partial charge in [-0.3, -0.25) is 9.78 Å². The summed E-state index contributed by atoms with van der Waals surface area (Å²) in [6.45, 7) is 8.06. The summed E-state index contributed by atoms with van der Waals surface area (Å²) in [5.41, 5.74) is 0.866. The van der Waals surface area contributed by atoms with E-state index in [0.717, 1.165) is 5.56 Å². The summed E-state index contributed by atoms with van der Waals surface area (Å²) < 4.78 is 5.22. The standard InChI is InChI=1S/C17H24N4O2/c1-12(13-7-6-10-18-11-13)19-14(22)8-5-9-15-20-16(21-23-15)17(2,3)4/h6-7,10-12H,5,8-9H2,1-4H3,(H,19,22)/t12-/m1/s1. The van der Waals surface area contributed by atoms with Crippen molar-refractivity contribution in [2.75, 3.05) is 0 Å². The van der Waals surface area contributed by atoms with Crippen molar-refractivity contribution in [3.8, 4) is 0 Å². The van der Waals surface area contributed by atoms with Crippen LogP contribution in [-0.4, -0.2) is 21.0 Å². The number of carbonyl (C=O) groups is 1. The smallest absolute Gasteiger partial charge is 0.226 e. The number of amides is 1. The molecule has 2 aromatic rings. The molecule has 2 heterocycles. The molecule has 2 aromatic heterocycles. The molecule has 0 aliphatic heterocycles. The lowest BCUT2D eigenvalue weighted by molar-refractivity contribution is -0.121. The fraction of sp³-hybridized carbons (Fsp3) is 0.529. The van der Waals surface area contributed by atoms with Crippen LogP contribution in [-0.2, 0) is 16.6 Å². The fourth-order valence-corrected chi connectivity index (χ4v) is 2.09. The molecule has 0 saturated carbocycles. The summed E-state index contributed by atoms with van der Waals surface area (Å²) in [6, 6.07) is 3.76. The summed E-state index contributed by atoms with van der Waals surface area (Å²) in [5, 5.41) is 6.95. The average Bonchev–Trinajstić information content (AvgIpc) is 2.97. The number of aryl methyl sites for hydroxylation is 1. The molecular weight excluding hydrogens is 292 g/mol. The first-order valence-corrected chi connectivity index (χ1v) is 7.88. The van der Waals surface area contributed by atoms with E-state index in [1.54, 1.807) is 12.4 Å². The minimum absolute atomic E-state index is 0.0110. The van der Waals surface area contributed by atoms with Gasteiger partial charge in [0.2, 0.25) is 11.8 Å². The highest BCUT2D eigenvalue weighted by atomic mass is 16.5. The van der Waals surface area contributed by atoms with Gasteiger partial charge in [-0.05, 0) is 25.0 Å². The maximum Gasteiger partial charge on any atom is 0.226 e. The molecule has 6 nitrogen and oxygen atoms in total. The summed E-state index contributed by atoms with van der Waals surface area (Å²) in [6.07, 6.45) is 5.19. The van der Waals surface area contributed by atoms with Gasteiger partial charge in [0, 0.05) is 30.7 Å². The van der Waals surface area contributed by atoms with Crippen molar-refractivity contribution in [2.45, 2.75) is 58.4 Å². The lowest BCUT2D eigenvalue weighted by atomic mass is 9.96. The molecule has 23 heavy (non-hydrogen) atoms. The van der Waals surface area contributed by atoms with Crippen molar-refractivity contribution in [1.29, 1.82) is 0 Å². The van der Waals surface area contributed by atoms with E-state index in [-0.39, 0.29) is 17.4 Å². The van der Waals surface area contributed by atoms with E-state index in [4.69, 9.17) is 4.52 Å². The Kier molecular flexibility index (Phi) is 5.47. The Bertz CT molecular complexity index is 632. The molecule has 0 spiro atoms. The van der Waals surface area contributed by atoms with Crippen molar-refractivity contribution >= 4 is 5.91 Å². The third-order valence-electron chi connectivity index (χ3n) is 3.50. The number of rotatable bonds is 6. The molecule has 0 aliphatic rings. The first kappa shape index (κ1) is 17.1. The van der Waals surface area contributed by atoms with Crippen LogP contribution >= 0.6 is 0 Å². The molecule has 2 rings (SSSR count). The van der Waals surface area contributed by atoms with Gasteiger partial charge in [-0.1, -0.05) is 32.0 Å². The SMILES string of the molecule is C[C@@H](NC(=O)CCCc1nc(C(C)(C)C)no1)c1cccnc1. The Labute approximate surface area is 136 Å². The first-order chi connectivity index (χ1) is 10.9. The zero-order chi connectivity index (χ0) is 16.9. The van der Waals surface area contributed by atoms with Crippen LogP contribution in [0.15, 0.2) is 29.0 Å². The number of carbonyl (C=O) groups excluding carboxylic acids is 1. The number of hydrogen-bond donors (Lipinski definition) is 1. The lowest BCUT2D eigenvalue weighted by Crippen LogP contribution is -2.26. The Balaban J connectivity index is 1.76. The lowest BCUT2D eigenvalue weighted by Gasteiger charge is -2.13. The van der Waals surface area contributed by atoms with Crippen molar-refractivity contribution in [1.82, 2.24) is 20.4 Å². The van der Waals surface area contributed by atoms with Crippen LogP contribution in [0.1, 0.15) is 63.9 Å². The van der Waals surface area contributed by atoms with Crippen LogP contribution in [0, 0.1) is 0 Å². The highest BCUT2D eigenvalue weighted by Gasteiger charge is 2.20. The fourth-order valence-electron chi connectivity index (χ4n) is 2.09. The molecule has 124 valence electrons. The predicted molar refractivity (Wildman–Crippen MR) is 86.7 cm³/mol. The van der Waals surface area contributed by atoms with E-state index in [1.165, 1.54) is 0 Å². The Hall–Kier alpha value is -2.24. The molecule has 0 saturated heterocycles. The van der Waals surface area contributed by atoms with Crippen molar-refractivity contribution < 1.29 is 9.32 Å². The van der Waals surface area contributed by atoms with E-state index in [1.807, 2.05) is 39.8 Å². The summed E-state index contributed by atoms with van der Waals surface area (Å²) in [4.78, 5) is 20.4. The zero-order valence-corrected chi connectivity index (χ0v) is 14.2. The molecule has 0 radical (unpaired) electrons. The van der Waals surface area contributed by atoms with Gasteiger partial charge in [0.25, 0.3) is 0 Å². The number of hydrogen-bond acceptors (Lipinski definition) is 5. The Morgan fingerprint density at radius 3 is 2.78 bits per heavy atom. The topological polar surface area (TPSA) is 80.9 Å². The molecule has 0 bridgehead atoms. The van der Waals surface area contributed by atoms with Crippen LogP contribution in [0.5, 0.6) is 0 Å². The predicted octanol–water partition coefficient (Wildman–Crippen LogP) is 2.96. The van der Waals surface area contributed by atoms with Gasteiger partial charge in [-0.25, -0.2) is 0 Å². The van der Waals surface area contributed by atoms with Gasteiger partial charge in [0.15, 0.2) is 5.82 Å². The second kappa shape index (κ2) is 7.35. The minimum atomic E-state index is -0.127. The Morgan fingerprint density at radius 2 is 2.17 bits per heavy atom. The van der Waals surface area contributed by atoms with Gasteiger partial charge >= 0.3 is 0 Å². The van der Waals surface area contributed by atoms with Gasteiger partial charge in [-0.15, -0.1) is 0 Å². The molecule has 6 heteroatoms. The third kappa shape index (κ3) is 5.16. The number of pyridine rings is 1. The van der Waals surface area contributed by atoms with Gasteiger partial charge in [0.1, 0.15) is 0 Å². The zero-order valence-electron chi connectivity index (χ0n) is 14.2. The third-order valence-corrected chi connectivity index (χ3v) is 3.50. The molecule has 1 N–H and O–H groups in total. The molecule has 1 amide bonds. The van der Waals surface area contributed by atoms with E-state index in [2.05, 4.69) is 20.4 Å². The van der Waals surface area contributed by atoms with Crippen molar-refractivity contribution in [3.05, 3.63) is 41.8 Å². The summed E-state index contributed by atoms with van der Waals surface area (Å²) in [7, 11) is 0. The number of nitrogens with zero attached hydrogens (tertiary/aromatic N) is 3. The van der Waals surface area contributed by atoms with Gasteiger partial charge < -0.3 is 9.84 Å². The molecular formula is C17H24N4O2. The summed E-state index contributed by atoms with van der Waals surface area (Å²) in [5.74, 6) is 1.29. The molecule has 0 unspecified atom stereocenters. The van der Waals surface area contributed by atoms with Crippen LogP contribution in [0.2, 0.25) is 0 Å². The van der Waals surface area contributed by atoms with E-state index in [0.29, 0.717) is 31.0 Å². The van der Waals surface area contributed by atoms with Crippen molar-refractivity contribution in [3.63, 3.8) is 0 Å². The minimum Gasteiger partial charge on any atom is -0.350 e. The van der Waals surface area contributed by atoms with Crippen LogP contribution in [0.3, 0.4) is 0 Å². The second-order valence-corrected chi connectivity index (χ2v) is 6.69. The quantitative estimate of drug-likeness (QED) is 0.886. The summed E-state index contributed by atoms with van der Waals surface area (Å²) >= 11 is 0. The van der Waals surface area contributed by atoms with E-state index >= 15 is 0 Å². The van der Waals surface area contributed by atoms with Gasteiger partial charge in [0.05, 0.1) is 6.04 Å². The second-order valence-electron chi connectivity index (χ2n) is 6.69. The van der Waals surface area contributed by atoms with E-state index in [9.17, 15) is 4.79 Å². The average molecular weight is 316 g/mol. The van der Waals surface area contributed by atoms with Crippen molar-refractivity contribution in [2.24, 2.45) is 0 Å². The highest BCUT2D eigenvalue weighted by molar-refractivity contribution is 5.76. The Morgan fingerprint density at radius 1 is 1.39 bits per heavy atom. The molecule has 1 atom stereocenters. The van der Waals surface area contributed by atoms with Crippen LogP contribution < -0.4 is 5.32 Å². The maximum atomic E-state index is 12.0. The molecule has 0 aliphatic carbocycles. The first-order valence-electron chi connectivity index (χ1n) is 7.88. The monoisotopic (exact) mass is 316 g/mol. The number of nitrogens with one attached hydrogen (secondary N) is 1. The van der Waals surface area contributed by atoms with E-state index < -0.39 is 0 Å². The molecule has 0 aromatic carbocycles. The van der Waals surface area contributed by atoms with Gasteiger partial charge in [-0.2, -0.15) is 4.98 Å². The van der Waals surface area contributed by atoms with Crippen LogP contribution in [0.4, 0.5) is 0 Å². The molecule has 0 fully saturated rings. The number of aromatic nitrogens is 3. The largest absolute Gasteiger partial charge is 0.350 e. The highest BCUT2D eigenvalue weighted by Crippen LogP contribution is 2.19. The maximum absolute atomic E-state index is 12.0.